The monoisotopic (exact) mass is 421 g/mol. The molecule has 0 aromatic heterocycles. The number of fused-ring (bicyclic) bond motifs is 3. The summed E-state index contributed by atoms with van der Waals surface area (Å²) >= 11 is 0. The van der Waals surface area contributed by atoms with Crippen molar-refractivity contribution in [2.75, 3.05) is 26.5 Å². The second-order valence-electron chi connectivity index (χ2n) is 9.22. The minimum atomic E-state index is -0.224. The summed E-state index contributed by atoms with van der Waals surface area (Å²) in [5, 5.41) is 0. The van der Waals surface area contributed by atoms with Gasteiger partial charge in [0, 0.05) is 43.0 Å². The molecule has 3 unspecified atom stereocenters. The highest BCUT2D eigenvalue weighted by atomic mass is 16.7. The molecule has 164 valence electrons. The summed E-state index contributed by atoms with van der Waals surface area (Å²) in [6.07, 6.45) is 7.29. The molecule has 5 heteroatoms. The molecule has 1 saturated carbocycles. The molecule has 2 fully saturated rings. The van der Waals surface area contributed by atoms with Crippen LogP contribution in [0.15, 0.2) is 36.4 Å². The fraction of sp³-hybridized carbons (Fsp3) is 0.538. The number of hydrogen-bond acceptors (Lipinski definition) is 5. The van der Waals surface area contributed by atoms with Crippen LogP contribution < -0.4 is 18.9 Å². The van der Waals surface area contributed by atoms with Crippen molar-refractivity contribution in [2.45, 2.75) is 57.1 Å². The quantitative estimate of drug-likeness (QED) is 0.668. The Morgan fingerprint density at radius 1 is 0.968 bits per heavy atom. The van der Waals surface area contributed by atoms with Crippen LogP contribution in [-0.2, 0) is 0 Å². The van der Waals surface area contributed by atoms with Crippen LogP contribution in [0.1, 0.15) is 62.5 Å². The van der Waals surface area contributed by atoms with Crippen molar-refractivity contribution in [3.05, 3.63) is 47.5 Å². The molecule has 3 atom stereocenters. The molecule has 0 bridgehead atoms. The van der Waals surface area contributed by atoms with Crippen molar-refractivity contribution >= 4 is 0 Å². The van der Waals surface area contributed by atoms with Crippen LogP contribution in [0.5, 0.6) is 23.0 Å². The van der Waals surface area contributed by atoms with Gasteiger partial charge in [0.2, 0.25) is 6.79 Å². The lowest BCUT2D eigenvalue weighted by molar-refractivity contribution is -0.154. The molecule has 4 aliphatic rings. The van der Waals surface area contributed by atoms with Gasteiger partial charge in [-0.1, -0.05) is 18.6 Å². The SMILES string of the molecule is CCOc1ccc(C2c3cc4c(cc3OC3(N5CCCC5)CCCCC23)OCO4)cc1. The zero-order chi connectivity index (χ0) is 20.8. The zero-order valence-electron chi connectivity index (χ0n) is 18.3. The molecule has 0 radical (unpaired) electrons. The molecule has 0 N–H and O–H groups in total. The summed E-state index contributed by atoms with van der Waals surface area (Å²) in [6, 6.07) is 13.0. The average molecular weight is 422 g/mol. The van der Waals surface area contributed by atoms with E-state index in [1.54, 1.807) is 0 Å². The van der Waals surface area contributed by atoms with E-state index in [0.29, 0.717) is 12.5 Å². The molecule has 1 saturated heterocycles. The third kappa shape index (κ3) is 3.08. The van der Waals surface area contributed by atoms with Gasteiger partial charge in [0.1, 0.15) is 11.5 Å². The van der Waals surface area contributed by atoms with Gasteiger partial charge in [0.25, 0.3) is 0 Å². The van der Waals surface area contributed by atoms with Crippen LogP contribution in [0.2, 0.25) is 0 Å². The number of benzene rings is 2. The van der Waals surface area contributed by atoms with Crippen LogP contribution in [0.4, 0.5) is 0 Å². The maximum absolute atomic E-state index is 7.01. The van der Waals surface area contributed by atoms with Gasteiger partial charge in [-0.15, -0.1) is 0 Å². The predicted octanol–water partition coefficient (Wildman–Crippen LogP) is 5.32. The fourth-order valence-electron chi connectivity index (χ4n) is 6.29. The standard InChI is InChI=1S/C26H31NO4/c1-2-28-19-10-8-18(9-11-19)25-20-15-23-24(30-17-29-23)16-22(20)31-26(27-13-5-6-14-27)12-4-3-7-21(25)26/h8-11,15-16,21,25H,2-7,12-14,17H2,1H3. The second kappa shape index (κ2) is 7.63. The molecule has 3 aliphatic heterocycles. The summed E-state index contributed by atoms with van der Waals surface area (Å²) in [6.45, 7) is 5.26. The van der Waals surface area contributed by atoms with Gasteiger partial charge in [0.05, 0.1) is 6.61 Å². The number of likely N-dealkylation sites (tertiary alicyclic amines) is 1. The van der Waals surface area contributed by atoms with Crippen molar-refractivity contribution in [2.24, 2.45) is 5.92 Å². The molecule has 1 aliphatic carbocycles. The number of rotatable bonds is 4. The van der Waals surface area contributed by atoms with Gasteiger partial charge < -0.3 is 18.9 Å². The van der Waals surface area contributed by atoms with E-state index in [0.717, 1.165) is 42.5 Å². The van der Waals surface area contributed by atoms with E-state index < -0.39 is 0 Å². The summed E-state index contributed by atoms with van der Waals surface area (Å²) in [5.74, 6) is 4.23. The highest BCUT2D eigenvalue weighted by molar-refractivity contribution is 5.57. The highest BCUT2D eigenvalue weighted by Gasteiger charge is 2.55. The lowest BCUT2D eigenvalue weighted by Crippen LogP contribution is -2.61. The summed E-state index contributed by atoms with van der Waals surface area (Å²) in [5.41, 5.74) is 2.34. The number of hydrogen-bond donors (Lipinski definition) is 0. The van der Waals surface area contributed by atoms with Gasteiger partial charge >= 0.3 is 0 Å². The molecule has 3 heterocycles. The molecular formula is C26H31NO4. The van der Waals surface area contributed by atoms with Gasteiger partial charge in [-0.25, -0.2) is 0 Å². The number of ether oxygens (including phenoxy) is 4. The summed E-state index contributed by atoms with van der Waals surface area (Å²) in [4.78, 5) is 2.64. The van der Waals surface area contributed by atoms with E-state index in [9.17, 15) is 0 Å². The van der Waals surface area contributed by atoms with Crippen molar-refractivity contribution < 1.29 is 18.9 Å². The first-order valence-corrected chi connectivity index (χ1v) is 11.9. The van der Waals surface area contributed by atoms with Crippen molar-refractivity contribution in [1.29, 1.82) is 0 Å². The topological polar surface area (TPSA) is 40.2 Å². The van der Waals surface area contributed by atoms with E-state index in [1.165, 1.54) is 43.2 Å². The lowest BCUT2D eigenvalue weighted by atomic mass is 9.66. The Hall–Kier alpha value is -2.40. The molecule has 5 nitrogen and oxygen atoms in total. The minimum Gasteiger partial charge on any atom is -0.494 e. The average Bonchev–Trinajstić information content (AvgIpc) is 3.49. The number of nitrogens with zero attached hydrogens (tertiary/aromatic N) is 1. The Labute approximate surface area is 184 Å². The van der Waals surface area contributed by atoms with Crippen molar-refractivity contribution in [3.63, 3.8) is 0 Å². The largest absolute Gasteiger partial charge is 0.494 e. The Balaban J connectivity index is 1.50. The smallest absolute Gasteiger partial charge is 0.231 e. The molecule has 31 heavy (non-hydrogen) atoms. The maximum Gasteiger partial charge on any atom is 0.231 e. The normalized spacial score (nSPS) is 29.2. The molecule has 2 aromatic carbocycles. The molecular weight excluding hydrogens is 390 g/mol. The lowest BCUT2D eigenvalue weighted by Gasteiger charge is -2.55. The third-order valence-corrected chi connectivity index (χ3v) is 7.60. The first-order chi connectivity index (χ1) is 15.3. The Kier molecular flexibility index (Phi) is 4.75. The zero-order valence-corrected chi connectivity index (χ0v) is 18.3. The van der Waals surface area contributed by atoms with Crippen LogP contribution in [0, 0.1) is 5.92 Å². The highest BCUT2D eigenvalue weighted by Crippen LogP contribution is 2.57. The Morgan fingerprint density at radius 3 is 2.52 bits per heavy atom. The fourth-order valence-corrected chi connectivity index (χ4v) is 6.29. The van der Waals surface area contributed by atoms with Crippen LogP contribution >= 0.6 is 0 Å². The van der Waals surface area contributed by atoms with Gasteiger partial charge in [-0.05, 0) is 56.4 Å². The molecule has 2 aromatic rings. The van der Waals surface area contributed by atoms with Crippen molar-refractivity contribution in [1.82, 2.24) is 4.90 Å². The first kappa shape index (κ1) is 19.3. The van der Waals surface area contributed by atoms with Gasteiger partial charge in [0.15, 0.2) is 17.2 Å². The van der Waals surface area contributed by atoms with Crippen LogP contribution in [0.3, 0.4) is 0 Å². The van der Waals surface area contributed by atoms with E-state index in [4.69, 9.17) is 18.9 Å². The van der Waals surface area contributed by atoms with E-state index in [2.05, 4.69) is 41.3 Å². The first-order valence-electron chi connectivity index (χ1n) is 11.9. The molecule has 6 rings (SSSR count). The third-order valence-electron chi connectivity index (χ3n) is 7.60. The van der Waals surface area contributed by atoms with Gasteiger partial charge in [-0.3, -0.25) is 4.90 Å². The maximum atomic E-state index is 7.01. The van der Waals surface area contributed by atoms with Crippen LogP contribution in [0.25, 0.3) is 0 Å². The molecule has 0 spiro atoms. The summed E-state index contributed by atoms with van der Waals surface area (Å²) < 4.78 is 24.2. The van der Waals surface area contributed by atoms with E-state index >= 15 is 0 Å². The molecule has 0 amide bonds. The van der Waals surface area contributed by atoms with Crippen molar-refractivity contribution in [3.8, 4) is 23.0 Å². The van der Waals surface area contributed by atoms with Gasteiger partial charge in [-0.2, -0.15) is 0 Å². The van der Waals surface area contributed by atoms with Crippen LogP contribution in [-0.4, -0.2) is 37.1 Å². The Morgan fingerprint density at radius 2 is 1.74 bits per heavy atom. The predicted molar refractivity (Wildman–Crippen MR) is 118 cm³/mol. The van der Waals surface area contributed by atoms with E-state index in [-0.39, 0.29) is 18.4 Å². The van der Waals surface area contributed by atoms with E-state index in [1.807, 2.05) is 6.92 Å². The second-order valence-corrected chi connectivity index (χ2v) is 9.22. The summed E-state index contributed by atoms with van der Waals surface area (Å²) in [7, 11) is 0. The minimum absolute atomic E-state index is 0.224. The Bertz CT molecular complexity index is 953.